The first-order valence-electron chi connectivity index (χ1n) is 7.33. The Morgan fingerprint density at radius 1 is 0.917 bits per heavy atom. The Hall–Kier alpha value is -2.67. The first-order chi connectivity index (χ1) is 11.3. The Morgan fingerprint density at radius 3 is 2.04 bits per heavy atom. The van der Waals surface area contributed by atoms with Gasteiger partial charge < -0.3 is 5.32 Å². The van der Waals surface area contributed by atoms with E-state index in [4.69, 9.17) is 0 Å². The molecule has 0 aliphatic carbocycles. The number of sulfonamides is 1. The predicted molar refractivity (Wildman–Crippen MR) is 91.0 cm³/mol. The van der Waals surface area contributed by atoms with Gasteiger partial charge in [-0.1, -0.05) is 32.0 Å². The van der Waals surface area contributed by atoms with Crippen LogP contribution < -0.4 is 10.0 Å². The molecule has 7 heteroatoms. The van der Waals surface area contributed by atoms with Crippen molar-refractivity contribution in [3.8, 4) is 0 Å². The summed E-state index contributed by atoms with van der Waals surface area (Å²) in [5.74, 6) is -1.31. The Morgan fingerprint density at radius 2 is 1.50 bits per heavy atom. The summed E-state index contributed by atoms with van der Waals surface area (Å²) in [4.78, 5) is 23.5. The molecule has 2 aromatic carbocycles. The summed E-state index contributed by atoms with van der Waals surface area (Å²) >= 11 is 0. The fraction of sp³-hybridized carbons (Fsp3) is 0.176. The molecule has 126 valence electrons. The number of nitrogens with one attached hydrogen (secondary N) is 2. The normalized spacial score (nSPS) is 11.1. The highest BCUT2D eigenvalue weighted by molar-refractivity contribution is 7.90. The van der Waals surface area contributed by atoms with Crippen LogP contribution in [0, 0.1) is 5.92 Å². The number of anilines is 1. The molecule has 0 atom stereocenters. The van der Waals surface area contributed by atoms with Gasteiger partial charge in [0.1, 0.15) is 0 Å². The van der Waals surface area contributed by atoms with E-state index >= 15 is 0 Å². The standard InChI is InChI=1S/C17H18N2O4S/c1-12(2)16(20)19-24(22,23)15-10-8-14(9-11-15)18-17(21)13-6-4-3-5-7-13/h3-12H,1-2H3,(H,18,21)(H,19,20). The number of carbonyl (C=O) groups is 2. The third-order valence-corrected chi connectivity index (χ3v) is 4.58. The minimum Gasteiger partial charge on any atom is -0.322 e. The van der Waals surface area contributed by atoms with Gasteiger partial charge in [-0.3, -0.25) is 9.59 Å². The van der Waals surface area contributed by atoms with Crippen molar-refractivity contribution in [2.45, 2.75) is 18.7 Å². The van der Waals surface area contributed by atoms with Crippen molar-refractivity contribution in [1.82, 2.24) is 4.72 Å². The lowest BCUT2D eigenvalue weighted by atomic mass is 10.2. The molecule has 0 aliphatic rings. The van der Waals surface area contributed by atoms with Crippen LogP contribution >= 0.6 is 0 Å². The third-order valence-electron chi connectivity index (χ3n) is 3.22. The van der Waals surface area contributed by atoms with Gasteiger partial charge in [-0.15, -0.1) is 0 Å². The molecule has 2 N–H and O–H groups in total. The summed E-state index contributed by atoms with van der Waals surface area (Å²) in [6, 6.07) is 14.3. The van der Waals surface area contributed by atoms with E-state index in [1.165, 1.54) is 24.3 Å². The summed E-state index contributed by atoms with van der Waals surface area (Å²) in [5.41, 5.74) is 0.955. The number of amides is 2. The molecule has 0 aromatic heterocycles. The molecule has 0 saturated carbocycles. The van der Waals surface area contributed by atoms with Gasteiger partial charge in [-0.25, -0.2) is 13.1 Å². The van der Waals surface area contributed by atoms with Gasteiger partial charge in [-0.05, 0) is 36.4 Å². The molecule has 0 saturated heterocycles. The van der Waals surface area contributed by atoms with Crippen molar-refractivity contribution in [3.63, 3.8) is 0 Å². The zero-order chi connectivity index (χ0) is 17.7. The van der Waals surface area contributed by atoms with Crippen molar-refractivity contribution in [1.29, 1.82) is 0 Å². The summed E-state index contributed by atoms with van der Waals surface area (Å²) < 4.78 is 26.2. The van der Waals surface area contributed by atoms with Crippen LogP contribution in [0.3, 0.4) is 0 Å². The van der Waals surface area contributed by atoms with Crippen molar-refractivity contribution in [2.24, 2.45) is 5.92 Å². The van der Waals surface area contributed by atoms with E-state index in [-0.39, 0.29) is 10.8 Å². The smallest absolute Gasteiger partial charge is 0.264 e. The van der Waals surface area contributed by atoms with Gasteiger partial charge in [-0.2, -0.15) is 0 Å². The van der Waals surface area contributed by atoms with Crippen LogP contribution in [0.1, 0.15) is 24.2 Å². The number of carbonyl (C=O) groups excluding carboxylic acids is 2. The monoisotopic (exact) mass is 346 g/mol. The maximum atomic E-state index is 12.1. The maximum absolute atomic E-state index is 12.1. The van der Waals surface area contributed by atoms with Crippen molar-refractivity contribution < 1.29 is 18.0 Å². The zero-order valence-electron chi connectivity index (χ0n) is 13.3. The quantitative estimate of drug-likeness (QED) is 0.869. The summed E-state index contributed by atoms with van der Waals surface area (Å²) in [7, 11) is -3.91. The summed E-state index contributed by atoms with van der Waals surface area (Å²) in [5, 5.41) is 2.67. The Kier molecular flexibility index (Phi) is 5.35. The van der Waals surface area contributed by atoms with E-state index in [9.17, 15) is 18.0 Å². The zero-order valence-corrected chi connectivity index (χ0v) is 14.1. The lowest BCUT2D eigenvalue weighted by molar-refractivity contribution is -0.122. The molecule has 0 fully saturated rings. The van der Waals surface area contributed by atoms with Crippen molar-refractivity contribution in [3.05, 3.63) is 60.2 Å². The Balaban J connectivity index is 2.10. The van der Waals surface area contributed by atoms with Crippen LogP contribution in [-0.4, -0.2) is 20.2 Å². The lowest BCUT2D eigenvalue weighted by Crippen LogP contribution is -2.33. The molecule has 6 nitrogen and oxygen atoms in total. The van der Waals surface area contributed by atoms with Gasteiger partial charge in [0.2, 0.25) is 5.91 Å². The van der Waals surface area contributed by atoms with Gasteiger partial charge >= 0.3 is 0 Å². The second-order valence-corrected chi connectivity index (χ2v) is 7.15. The lowest BCUT2D eigenvalue weighted by Gasteiger charge is -2.10. The average Bonchev–Trinajstić information content (AvgIpc) is 2.55. The van der Waals surface area contributed by atoms with Crippen LogP contribution in [0.2, 0.25) is 0 Å². The highest BCUT2D eigenvalue weighted by Crippen LogP contribution is 2.15. The minimum absolute atomic E-state index is 0.0470. The largest absolute Gasteiger partial charge is 0.322 e. The van der Waals surface area contributed by atoms with Crippen molar-refractivity contribution >= 4 is 27.5 Å². The van der Waals surface area contributed by atoms with Crippen LogP contribution in [0.15, 0.2) is 59.5 Å². The number of hydrogen-bond donors (Lipinski definition) is 2. The SMILES string of the molecule is CC(C)C(=O)NS(=O)(=O)c1ccc(NC(=O)c2ccccc2)cc1. The fourth-order valence-corrected chi connectivity index (χ4v) is 2.93. The van der Waals surface area contributed by atoms with E-state index in [1.807, 2.05) is 10.8 Å². The molecule has 0 heterocycles. The molecule has 0 spiro atoms. The maximum Gasteiger partial charge on any atom is 0.264 e. The molecule has 0 unspecified atom stereocenters. The average molecular weight is 346 g/mol. The molecule has 0 bridgehead atoms. The van der Waals surface area contributed by atoms with E-state index in [1.54, 1.807) is 38.1 Å². The van der Waals surface area contributed by atoms with Crippen LogP contribution in [0.25, 0.3) is 0 Å². The van der Waals surface area contributed by atoms with E-state index in [0.29, 0.717) is 11.3 Å². The highest BCUT2D eigenvalue weighted by atomic mass is 32.2. The second-order valence-electron chi connectivity index (χ2n) is 5.47. The topological polar surface area (TPSA) is 92.3 Å². The first kappa shape index (κ1) is 17.7. The number of benzene rings is 2. The molecule has 2 aromatic rings. The van der Waals surface area contributed by atoms with Crippen LogP contribution in [0.5, 0.6) is 0 Å². The van der Waals surface area contributed by atoms with Gasteiger partial charge in [0, 0.05) is 17.2 Å². The highest BCUT2D eigenvalue weighted by Gasteiger charge is 2.19. The molecule has 24 heavy (non-hydrogen) atoms. The summed E-state index contributed by atoms with van der Waals surface area (Å²) in [6.45, 7) is 3.21. The molecular weight excluding hydrogens is 328 g/mol. The number of hydrogen-bond acceptors (Lipinski definition) is 4. The fourth-order valence-electron chi connectivity index (χ4n) is 1.82. The van der Waals surface area contributed by atoms with E-state index in [2.05, 4.69) is 5.32 Å². The summed E-state index contributed by atoms with van der Waals surface area (Å²) in [6.07, 6.45) is 0. The van der Waals surface area contributed by atoms with Gasteiger partial charge in [0.25, 0.3) is 15.9 Å². The van der Waals surface area contributed by atoms with E-state index < -0.39 is 21.8 Å². The van der Waals surface area contributed by atoms with Gasteiger partial charge in [0.15, 0.2) is 0 Å². The Bertz CT molecular complexity index is 829. The predicted octanol–water partition coefficient (Wildman–Crippen LogP) is 2.40. The van der Waals surface area contributed by atoms with Gasteiger partial charge in [0.05, 0.1) is 4.90 Å². The molecule has 2 rings (SSSR count). The van der Waals surface area contributed by atoms with Crippen LogP contribution in [-0.2, 0) is 14.8 Å². The molecule has 0 radical (unpaired) electrons. The molecule has 0 aliphatic heterocycles. The third kappa shape index (κ3) is 4.42. The molecular formula is C17H18N2O4S. The minimum atomic E-state index is -3.91. The Labute approximate surface area is 140 Å². The molecule has 2 amide bonds. The van der Waals surface area contributed by atoms with E-state index in [0.717, 1.165) is 0 Å². The number of rotatable bonds is 5. The van der Waals surface area contributed by atoms with Crippen LogP contribution in [0.4, 0.5) is 5.69 Å². The second kappa shape index (κ2) is 7.27. The van der Waals surface area contributed by atoms with Crippen molar-refractivity contribution in [2.75, 3.05) is 5.32 Å². The first-order valence-corrected chi connectivity index (χ1v) is 8.81.